The van der Waals surface area contributed by atoms with Crippen molar-refractivity contribution >= 4 is 17.3 Å². The van der Waals surface area contributed by atoms with E-state index < -0.39 is 0 Å². The molecule has 0 spiro atoms. The zero-order valence-electron chi connectivity index (χ0n) is 7.68. The van der Waals surface area contributed by atoms with E-state index in [1.165, 1.54) is 0 Å². The van der Waals surface area contributed by atoms with E-state index in [9.17, 15) is 5.11 Å². The Balaban J connectivity index is 2.55. The second kappa shape index (κ2) is 3.74. The fourth-order valence-electron chi connectivity index (χ4n) is 1.21. The fraction of sp³-hybridized carbons (Fsp3) is 0. The molecule has 0 amide bonds. The number of phenols is 1. The van der Waals surface area contributed by atoms with Gasteiger partial charge in [-0.05, 0) is 18.2 Å². The minimum atomic E-state index is 0.133. The Morgan fingerprint density at radius 2 is 1.93 bits per heavy atom. The Labute approximate surface area is 91.3 Å². The lowest BCUT2D eigenvalue weighted by atomic mass is 10.1. The number of aromatic nitrogens is 2. The Bertz CT molecular complexity index is 502. The number of nitrogens with two attached hydrogens (primary N) is 1. The third-order valence-corrected chi connectivity index (χ3v) is 2.25. The molecule has 1 aromatic carbocycles. The van der Waals surface area contributed by atoms with Crippen molar-refractivity contribution in [3.8, 4) is 17.0 Å². The number of aromatic hydroxyl groups is 1. The number of rotatable bonds is 1. The molecule has 0 saturated carbocycles. The van der Waals surface area contributed by atoms with Gasteiger partial charge >= 0.3 is 0 Å². The smallest absolute Gasteiger partial charge is 0.174 e. The van der Waals surface area contributed by atoms with Crippen LogP contribution in [0.2, 0.25) is 5.15 Å². The summed E-state index contributed by atoms with van der Waals surface area (Å²) < 4.78 is 0. The molecule has 2 rings (SSSR count). The van der Waals surface area contributed by atoms with Gasteiger partial charge in [0.1, 0.15) is 5.75 Å². The molecule has 1 aromatic heterocycles. The molecule has 0 unspecified atom stereocenters. The van der Waals surface area contributed by atoms with Gasteiger partial charge in [0.2, 0.25) is 0 Å². The molecule has 2 aromatic rings. The predicted octanol–water partition coefficient (Wildman–Crippen LogP) is 2.08. The summed E-state index contributed by atoms with van der Waals surface area (Å²) in [6.07, 6.45) is 0. The first kappa shape index (κ1) is 9.73. The van der Waals surface area contributed by atoms with Gasteiger partial charge in [-0.3, -0.25) is 0 Å². The molecule has 3 N–H and O–H groups in total. The number of para-hydroxylation sites is 1. The lowest BCUT2D eigenvalue weighted by molar-refractivity contribution is 0.477. The van der Waals surface area contributed by atoms with E-state index >= 15 is 0 Å². The van der Waals surface area contributed by atoms with E-state index in [1.807, 2.05) is 0 Å². The predicted molar refractivity (Wildman–Crippen MR) is 58.6 cm³/mol. The van der Waals surface area contributed by atoms with Crippen LogP contribution < -0.4 is 5.73 Å². The van der Waals surface area contributed by atoms with Gasteiger partial charge in [-0.15, -0.1) is 10.2 Å². The van der Waals surface area contributed by atoms with Gasteiger partial charge in [-0.1, -0.05) is 23.7 Å². The van der Waals surface area contributed by atoms with Crippen LogP contribution in [0.5, 0.6) is 5.75 Å². The monoisotopic (exact) mass is 221 g/mol. The first-order valence-electron chi connectivity index (χ1n) is 4.25. The van der Waals surface area contributed by atoms with Gasteiger partial charge in [0, 0.05) is 5.56 Å². The minimum Gasteiger partial charge on any atom is -0.507 e. The zero-order chi connectivity index (χ0) is 10.8. The van der Waals surface area contributed by atoms with Crippen molar-refractivity contribution < 1.29 is 5.11 Å². The number of benzene rings is 1. The summed E-state index contributed by atoms with van der Waals surface area (Å²) in [6.45, 7) is 0. The Morgan fingerprint density at radius 3 is 2.60 bits per heavy atom. The Hall–Kier alpha value is -1.81. The molecule has 0 bridgehead atoms. The number of nitrogens with zero attached hydrogens (tertiary/aromatic N) is 2. The van der Waals surface area contributed by atoms with Gasteiger partial charge in [-0.2, -0.15) is 0 Å². The summed E-state index contributed by atoms with van der Waals surface area (Å²) in [5, 5.41) is 17.3. The lowest BCUT2D eigenvalue weighted by Gasteiger charge is -2.03. The zero-order valence-corrected chi connectivity index (χ0v) is 8.44. The van der Waals surface area contributed by atoms with Gasteiger partial charge in [0.05, 0.1) is 11.4 Å². The van der Waals surface area contributed by atoms with Crippen LogP contribution in [0, 0.1) is 0 Å². The Morgan fingerprint density at radius 1 is 1.20 bits per heavy atom. The quantitative estimate of drug-likeness (QED) is 0.774. The summed E-state index contributed by atoms with van der Waals surface area (Å²) in [4.78, 5) is 0. The molecular weight excluding hydrogens is 214 g/mol. The number of phenolic OH excluding ortho intramolecular Hbond substituents is 1. The first-order valence-corrected chi connectivity index (χ1v) is 4.63. The van der Waals surface area contributed by atoms with E-state index in [4.69, 9.17) is 17.3 Å². The number of hydrogen-bond acceptors (Lipinski definition) is 4. The van der Waals surface area contributed by atoms with Crippen LogP contribution in [0.3, 0.4) is 0 Å². The highest BCUT2D eigenvalue weighted by atomic mass is 35.5. The molecule has 5 heteroatoms. The summed E-state index contributed by atoms with van der Waals surface area (Å²) in [7, 11) is 0. The molecule has 0 saturated heterocycles. The van der Waals surface area contributed by atoms with Gasteiger partial charge in [0.25, 0.3) is 0 Å². The normalized spacial score (nSPS) is 10.2. The van der Waals surface area contributed by atoms with Crippen molar-refractivity contribution in [1.29, 1.82) is 0 Å². The SMILES string of the molecule is Nc1cc(-c2ccccc2O)nnc1Cl. The van der Waals surface area contributed by atoms with Crippen LogP contribution in [-0.4, -0.2) is 15.3 Å². The molecule has 0 aliphatic heterocycles. The van der Waals surface area contributed by atoms with Gasteiger partial charge < -0.3 is 10.8 Å². The van der Waals surface area contributed by atoms with Crippen LogP contribution in [-0.2, 0) is 0 Å². The number of hydrogen-bond donors (Lipinski definition) is 2. The first-order chi connectivity index (χ1) is 7.18. The minimum absolute atomic E-state index is 0.133. The van der Waals surface area contributed by atoms with Gasteiger partial charge in [0.15, 0.2) is 5.15 Å². The van der Waals surface area contributed by atoms with Crippen LogP contribution in [0.4, 0.5) is 5.69 Å². The third kappa shape index (κ3) is 1.85. The molecule has 0 aliphatic rings. The van der Waals surface area contributed by atoms with Crippen molar-refractivity contribution in [2.24, 2.45) is 0 Å². The molecule has 0 radical (unpaired) electrons. The summed E-state index contributed by atoms with van der Waals surface area (Å²) in [6, 6.07) is 8.39. The van der Waals surface area contributed by atoms with Crippen molar-refractivity contribution in [2.45, 2.75) is 0 Å². The molecule has 15 heavy (non-hydrogen) atoms. The van der Waals surface area contributed by atoms with Crippen molar-refractivity contribution in [1.82, 2.24) is 10.2 Å². The molecule has 1 heterocycles. The molecule has 4 nitrogen and oxygen atoms in total. The standard InChI is InChI=1S/C10H8ClN3O/c11-10-7(12)5-8(13-14-10)6-3-1-2-4-9(6)15/h1-5,15H,(H2,12,13). The second-order valence-corrected chi connectivity index (χ2v) is 3.35. The molecular formula is C10H8ClN3O. The third-order valence-electron chi connectivity index (χ3n) is 1.96. The number of anilines is 1. The summed E-state index contributed by atoms with van der Waals surface area (Å²) in [5.74, 6) is 0.133. The number of halogens is 1. The maximum absolute atomic E-state index is 9.58. The Kier molecular flexibility index (Phi) is 2.43. The van der Waals surface area contributed by atoms with E-state index in [0.717, 1.165) is 0 Å². The van der Waals surface area contributed by atoms with Crippen LogP contribution >= 0.6 is 11.6 Å². The summed E-state index contributed by atoms with van der Waals surface area (Å²) >= 11 is 5.65. The van der Waals surface area contributed by atoms with Crippen molar-refractivity contribution in [2.75, 3.05) is 5.73 Å². The average molecular weight is 222 g/mol. The van der Waals surface area contributed by atoms with Crippen LogP contribution in [0.25, 0.3) is 11.3 Å². The van der Waals surface area contributed by atoms with E-state index in [-0.39, 0.29) is 10.9 Å². The maximum atomic E-state index is 9.58. The topological polar surface area (TPSA) is 72.0 Å². The van der Waals surface area contributed by atoms with Crippen molar-refractivity contribution in [3.05, 3.63) is 35.5 Å². The highest BCUT2D eigenvalue weighted by molar-refractivity contribution is 6.31. The largest absolute Gasteiger partial charge is 0.507 e. The highest BCUT2D eigenvalue weighted by Crippen LogP contribution is 2.28. The lowest BCUT2D eigenvalue weighted by Crippen LogP contribution is -1.94. The average Bonchev–Trinajstić information content (AvgIpc) is 2.23. The number of nitrogen functional groups attached to an aromatic ring is 1. The molecule has 0 aliphatic carbocycles. The molecule has 76 valence electrons. The maximum Gasteiger partial charge on any atom is 0.174 e. The van der Waals surface area contributed by atoms with E-state index in [2.05, 4.69) is 10.2 Å². The van der Waals surface area contributed by atoms with E-state index in [1.54, 1.807) is 30.3 Å². The second-order valence-electron chi connectivity index (χ2n) is 2.99. The highest BCUT2D eigenvalue weighted by Gasteiger charge is 2.07. The van der Waals surface area contributed by atoms with Crippen LogP contribution in [0.15, 0.2) is 30.3 Å². The van der Waals surface area contributed by atoms with Gasteiger partial charge in [-0.25, -0.2) is 0 Å². The van der Waals surface area contributed by atoms with Crippen molar-refractivity contribution in [3.63, 3.8) is 0 Å². The van der Waals surface area contributed by atoms with Crippen LogP contribution in [0.1, 0.15) is 0 Å². The van der Waals surface area contributed by atoms with E-state index in [0.29, 0.717) is 16.9 Å². The summed E-state index contributed by atoms with van der Waals surface area (Å²) in [5.41, 5.74) is 7.00. The molecule has 0 fully saturated rings. The molecule has 0 atom stereocenters. The fourth-order valence-corrected chi connectivity index (χ4v) is 1.31.